The van der Waals surface area contributed by atoms with Gasteiger partial charge in [-0.25, -0.2) is 9.48 Å². The molecule has 3 aromatic rings. The highest BCUT2D eigenvalue weighted by molar-refractivity contribution is 5.87. The summed E-state index contributed by atoms with van der Waals surface area (Å²) in [6.07, 6.45) is 1.19. The van der Waals surface area contributed by atoms with Crippen molar-refractivity contribution in [3.05, 3.63) is 87.3 Å². The van der Waals surface area contributed by atoms with Gasteiger partial charge in [-0.1, -0.05) is 37.3 Å². The van der Waals surface area contributed by atoms with Crippen LogP contribution in [0.5, 0.6) is 0 Å². The Kier molecular flexibility index (Phi) is 4.33. The Morgan fingerprint density at radius 3 is 2.33 bits per heavy atom. The van der Waals surface area contributed by atoms with E-state index < -0.39 is 5.97 Å². The van der Waals surface area contributed by atoms with Crippen LogP contribution in [-0.2, 0) is 12.8 Å². The van der Waals surface area contributed by atoms with Gasteiger partial charge in [0, 0.05) is 17.7 Å². The number of hydrogen-bond donors (Lipinski definition) is 2. The Balaban J connectivity index is 1.97. The Morgan fingerprint density at radius 2 is 1.75 bits per heavy atom. The van der Waals surface area contributed by atoms with Crippen molar-refractivity contribution >= 4 is 5.97 Å². The van der Waals surface area contributed by atoms with E-state index in [9.17, 15) is 9.59 Å². The van der Waals surface area contributed by atoms with Gasteiger partial charge in [0.15, 0.2) is 0 Å². The molecule has 5 heteroatoms. The maximum Gasteiger partial charge on any atom is 0.335 e. The number of carboxylic acid groups (broad SMARTS) is 1. The Hall–Kier alpha value is -3.08. The van der Waals surface area contributed by atoms with Crippen molar-refractivity contribution in [2.24, 2.45) is 0 Å². The molecular weight excluding hydrogens is 304 g/mol. The van der Waals surface area contributed by atoms with Crippen LogP contribution in [0.25, 0.3) is 5.69 Å². The van der Waals surface area contributed by atoms with Crippen molar-refractivity contribution < 1.29 is 9.90 Å². The average molecular weight is 322 g/mol. The molecule has 2 N–H and O–H groups in total. The summed E-state index contributed by atoms with van der Waals surface area (Å²) < 4.78 is 1.56. The molecule has 0 saturated carbocycles. The molecule has 24 heavy (non-hydrogen) atoms. The summed E-state index contributed by atoms with van der Waals surface area (Å²) >= 11 is 0. The molecule has 122 valence electrons. The molecule has 0 aliphatic carbocycles. The van der Waals surface area contributed by atoms with Gasteiger partial charge < -0.3 is 5.11 Å². The number of carboxylic acids is 1. The van der Waals surface area contributed by atoms with Crippen LogP contribution in [0, 0.1) is 0 Å². The summed E-state index contributed by atoms with van der Waals surface area (Å²) in [6.45, 7) is 2.00. The molecular formula is C19H18N2O3. The number of carbonyl (C=O) groups is 1. The summed E-state index contributed by atoms with van der Waals surface area (Å²) in [6, 6.07) is 16.1. The minimum absolute atomic E-state index is 0.0691. The second-order valence-electron chi connectivity index (χ2n) is 5.58. The van der Waals surface area contributed by atoms with Crippen LogP contribution in [0.4, 0.5) is 0 Å². The van der Waals surface area contributed by atoms with E-state index in [1.54, 1.807) is 28.9 Å². The number of H-pyrrole nitrogens is 1. The summed E-state index contributed by atoms with van der Waals surface area (Å²) in [4.78, 5) is 23.7. The zero-order chi connectivity index (χ0) is 17.1. The van der Waals surface area contributed by atoms with Crippen LogP contribution >= 0.6 is 0 Å². The minimum atomic E-state index is -0.955. The van der Waals surface area contributed by atoms with E-state index in [1.165, 1.54) is 0 Å². The van der Waals surface area contributed by atoms with Gasteiger partial charge in [-0.05, 0) is 36.2 Å². The largest absolute Gasteiger partial charge is 0.478 e. The van der Waals surface area contributed by atoms with E-state index >= 15 is 0 Å². The molecule has 0 atom stereocenters. The fraction of sp³-hybridized carbons (Fsp3) is 0.158. The van der Waals surface area contributed by atoms with Crippen LogP contribution in [0.15, 0.2) is 59.4 Å². The number of para-hydroxylation sites is 1. The zero-order valence-corrected chi connectivity index (χ0v) is 13.3. The molecule has 0 unspecified atom stereocenters. The summed E-state index contributed by atoms with van der Waals surface area (Å²) in [7, 11) is 0. The first-order valence-electron chi connectivity index (χ1n) is 7.80. The lowest BCUT2D eigenvalue weighted by atomic mass is 10.0. The SMILES string of the molecule is CCc1[nH]n(-c2ccccc2)c(=O)c1Cc1ccc(C(=O)O)cc1. The highest BCUT2D eigenvalue weighted by atomic mass is 16.4. The second kappa shape index (κ2) is 6.58. The molecule has 1 aromatic heterocycles. The lowest BCUT2D eigenvalue weighted by molar-refractivity contribution is 0.0697. The van der Waals surface area contributed by atoms with E-state index in [-0.39, 0.29) is 11.1 Å². The maximum absolute atomic E-state index is 12.8. The topological polar surface area (TPSA) is 75.1 Å². The highest BCUT2D eigenvalue weighted by Crippen LogP contribution is 2.14. The minimum Gasteiger partial charge on any atom is -0.478 e. The predicted octanol–water partition coefficient (Wildman–Crippen LogP) is 3.02. The molecule has 3 rings (SSSR count). The number of nitrogens with one attached hydrogen (secondary N) is 1. The molecule has 0 bridgehead atoms. The monoisotopic (exact) mass is 322 g/mol. The van der Waals surface area contributed by atoms with Gasteiger partial charge in [-0.2, -0.15) is 0 Å². The van der Waals surface area contributed by atoms with Crippen LogP contribution < -0.4 is 5.56 Å². The van der Waals surface area contributed by atoms with Crippen molar-refractivity contribution in [2.75, 3.05) is 0 Å². The van der Waals surface area contributed by atoms with E-state index in [1.807, 2.05) is 37.3 Å². The first kappa shape index (κ1) is 15.8. The molecule has 1 heterocycles. The van der Waals surface area contributed by atoms with E-state index in [0.29, 0.717) is 12.0 Å². The van der Waals surface area contributed by atoms with E-state index in [2.05, 4.69) is 5.10 Å². The lowest BCUT2D eigenvalue weighted by Gasteiger charge is -2.01. The fourth-order valence-electron chi connectivity index (χ4n) is 2.72. The van der Waals surface area contributed by atoms with Crippen LogP contribution in [0.2, 0.25) is 0 Å². The smallest absolute Gasteiger partial charge is 0.335 e. The molecule has 0 radical (unpaired) electrons. The first-order valence-corrected chi connectivity index (χ1v) is 7.80. The molecule has 0 aliphatic heterocycles. The number of aromatic amines is 1. The summed E-state index contributed by atoms with van der Waals surface area (Å²) in [5, 5.41) is 12.1. The van der Waals surface area contributed by atoms with Gasteiger partial charge in [0.1, 0.15) is 0 Å². The molecule has 0 aliphatic rings. The Labute approximate surface area is 139 Å². The fourth-order valence-corrected chi connectivity index (χ4v) is 2.72. The van der Waals surface area contributed by atoms with Gasteiger partial charge in [0.05, 0.1) is 11.3 Å². The quantitative estimate of drug-likeness (QED) is 0.758. The zero-order valence-electron chi connectivity index (χ0n) is 13.3. The molecule has 0 saturated heterocycles. The number of nitrogens with zero attached hydrogens (tertiary/aromatic N) is 1. The third-order valence-electron chi connectivity index (χ3n) is 4.02. The van der Waals surface area contributed by atoms with Gasteiger partial charge in [0.2, 0.25) is 0 Å². The van der Waals surface area contributed by atoms with Crippen LogP contribution in [0.1, 0.15) is 34.1 Å². The van der Waals surface area contributed by atoms with Gasteiger partial charge in [-0.15, -0.1) is 0 Å². The van der Waals surface area contributed by atoms with Crippen molar-refractivity contribution in [3.63, 3.8) is 0 Å². The number of aryl methyl sites for hydroxylation is 1. The number of rotatable bonds is 5. The number of aromatic carboxylic acids is 1. The van der Waals surface area contributed by atoms with Gasteiger partial charge in [0.25, 0.3) is 5.56 Å². The van der Waals surface area contributed by atoms with E-state index in [0.717, 1.165) is 23.4 Å². The normalized spacial score (nSPS) is 10.7. The second-order valence-corrected chi connectivity index (χ2v) is 5.58. The predicted molar refractivity (Wildman–Crippen MR) is 92.0 cm³/mol. The van der Waals surface area contributed by atoms with Gasteiger partial charge in [-0.3, -0.25) is 9.89 Å². The number of aromatic nitrogens is 2. The molecule has 2 aromatic carbocycles. The summed E-state index contributed by atoms with van der Waals surface area (Å²) in [5.74, 6) is -0.955. The maximum atomic E-state index is 12.8. The third-order valence-corrected chi connectivity index (χ3v) is 4.02. The standard InChI is InChI=1S/C19H18N2O3/c1-2-17-16(12-13-8-10-14(11-9-13)19(23)24)18(22)21(20-17)15-6-4-3-5-7-15/h3-11,20H,2,12H2,1H3,(H,23,24). The number of hydrogen-bond acceptors (Lipinski definition) is 2. The van der Waals surface area contributed by atoms with Crippen molar-refractivity contribution in [1.29, 1.82) is 0 Å². The van der Waals surface area contributed by atoms with Crippen molar-refractivity contribution in [2.45, 2.75) is 19.8 Å². The average Bonchev–Trinajstić information content (AvgIpc) is 2.92. The summed E-state index contributed by atoms with van der Waals surface area (Å²) in [5.41, 5.74) is 3.48. The van der Waals surface area contributed by atoms with Crippen molar-refractivity contribution in [3.8, 4) is 5.69 Å². The van der Waals surface area contributed by atoms with Crippen LogP contribution in [0.3, 0.4) is 0 Å². The molecule has 0 fully saturated rings. The molecule has 0 amide bonds. The van der Waals surface area contributed by atoms with E-state index in [4.69, 9.17) is 5.11 Å². The number of benzene rings is 2. The highest BCUT2D eigenvalue weighted by Gasteiger charge is 2.14. The van der Waals surface area contributed by atoms with Crippen molar-refractivity contribution in [1.82, 2.24) is 9.78 Å². The Morgan fingerprint density at radius 1 is 1.08 bits per heavy atom. The molecule has 0 spiro atoms. The first-order chi connectivity index (χ1) is 11.6. The third kappa shape index (κ3) is 3.01. The molecule has 5 nitrogen and oxygen atoms in total. The lowest BCUT2D eigenvalue weighted by Crippen LogP contribution is -2.17. The Bertz CT molecular complexity index is 906. The van der Waals surface area contributed by atoms with Crippen LogP contribution in [-0.4, -0.2) is 20.9 Å². The van der Waals surface area contributed by atoms with Gasteiger partial charge >= 0.3 is 5.97 Å².